The molecule has 1 aliphatic rings. The molecule has 1 aromatic carbocycles. The standard InChI is InChI=1S/C24H30N4O2S/c1-3-22-25-14-19(15-26-22)16-28-12-7-10-24(29,11-13-28)23-27-18(2)21(31-23)17-30-20-8-5-4-6-9-20/h4-6,8-9,14-15,29H,3,7,10-13,16-17H2,1-2H3. The predicted octanol–water partition coefficient (Wildman–Crippen LogP) is 4.26. The van der Waals surface area contributed by atoms with Gasteiger partial charge in [0.1, 0.15) is 28.8 Å². The van der Waals surface area contributed by atoms with Crippen LogP contribution in [0.4, 0.5) is 0 Å². The molecule has 7 heteroatoms. The molecule has 2 aromatic heterocycles. The topological polar surface area (TPSA) is 71.4 Å². The Bertz CT molecular complexity index is 977. The summed E-state index contributed by atoms with van der Waals surface area (Å²) in [4.78, 5) is 17.0. The zero-order valence-electron chi connectivity index (χ0n) is 18.3. The Morgan fingerprint density at radius 2 is 1.90 bits per heavy atom. The maximum absolute atomic E-state index is 11.5. The van der Waals surface area contributed by atoms with E-state index in [1.165, 1.54) is 0 Å². The number of benzene rings is 1. The fourth-order valence-electron chi connectivity index (χ4n) is 3.88. The maximum Gasteiger partial charge on any atom is 0.127 e. The molecule has 1 aliphatic heterocycles. The summed E-state index contributed by atoms with van der Waals surface area (Å²) in [5.41, 5.74) is 1.18. The van der Waals surface area contributed by atoms with E-state index in [0.29, 0.717) is 13.0 Å². The van der Waals surface area contributed by atoms with Crippen molar-refractivity contribution < 1.29 is 9.84 Å². The largest absolute Gasteiger partial charge is 0.488 e. The van der Waals surface area contributed by atoms with Gasteiger partial charge in [0, 0.05) is 37.5 Å². The number of rotatable bonds is 7. The lowest BCUT2D eigenvalue weighted by atomic mass is 9.96. The zero-order valence-corrected chi connectivity index (χ0v) is 19.1. The van der Waals surface area contributed by atoms with Crippen LogP contribution in [0.15, 0.2) is 42.7 Å². The third kappa shape index (κ3) is 5.47. The Balaban J connectivity index is 1.39. The van der Waals surface area contributed by atoms with Gasteiger partial charge in [-0.3, -0.25) is 4.90 Å². The summed E-state index contributed by atoms with van der Waals surface area (Å²) in [5.74, 6) is 1.72. The van der Waals surface area contributed by atoms with Crippen LogP contribution in [-0.4, -0.2) is 38.0 Å². The summed E-state index contributed by atoms with van der Waals surface area (Å²) < 4.78 is 5.90. The van der Waals surface area contributed by atoms with Gasteiger partial charge in [0.05, 0.1) is 10.6 Å². The molecule has 6 nitrogen and oxygen atoms in total. The molecule has 3 aromatic rings. The smallest absolute Gasteiger partial charge is 0.127 e. The van der Waals surface area contributed by atoms with Crippen molar-refractivity contribution in [2.24, 2.45) is 0 Å². The molecule has 1 unspecified atom stereocenters. The third-order valence-corrected chi connectivity index (χ3v) is 7.12. The van der Waals surface area contributed by atoms with Crippen LogP contribution in [0.2, 0.25) is 0 Å². The molecule has 0 amide bonds. The van der Waals surface area contributed by atoms with Gasteiger partial charge in [-0.15, -0.1) is 11.3 Å². The molecule has 164 valence electrons. The molecule has 0 saturated carbocycles. The van der Waals surface area contributed by atoms with Crippen molar-refractivity contribution in [1.82, 2.24) is 19.9 Å². The van der Waals surface area contributed by atoms with Crippen molar-refractivity contribution in [2.45, 2.75) is 58.3 Å². The second-order valence-corrected chi connectivity index (χ2v) is 9.24. The summed E-state index contributed by atoms with van der Waals surface area (Å²) >= 11 is 1.58. The Hall–Kier alpha value is -2.35. The van der Waals surface area contributed by atoms with Crippen molar-refractivity contribution in [2.75, 3.05) is 13.1 Å². The number of hydrogen-bond acceptors (Lipinski definition) is 7. The van der Waals surface area contributed by atoms with E-state index in [9.17, 15) is 5.11 Å². The molecule has 3 heterocycles. The van der Waals surface area contributed by atoms with Crippen LogP contribution in [0.5, 0.6) is 5.75 Å². The number of thiazole rings is 1. The molecular formula is C24H30N4O2S. The van der Waals surface area contributed by atoms with E-state index in [1.807, 2.05) is 49.6 Å². The van der Waals surface area contributed by atoms with E-state index >= 15 is 0 Å². The fourth-order valence-corrected chi connectivity index (χ4v) is 5.00. The Morgan fingerprint density at radius 3 is 2.65 bits per heavy atom. The van der Waals surface area contributed by atoms with Gasteiger partial charge < -0.3 is 9.84 Å². The quantitative estimate of drug-likeness (QED) is 0.594. The van der Waals surface area contributed by atoms with Crippen LogP contribution in [0, 0.1) is 6.92 Å². The lowest BCUT2D eigenvalue weighted by Crippen LogP contribution is -2.29. The number of hydrogen-bond donors (Lipinski definition) is 1. The summed E-state index contributed by atoms with van der Waals surface area (Å²) in [6.07, 6.45) is 7.02. The highest BCUT2D eigenvalue weighted by Crippen LogP contribution is 2.37. The maximum atomic E-state index is 11.5. The third-order valence-electron chi connectivity index (χ3n) is 5.79. The fraction of sp³-hybridized carbons (Fsp3) is 0.458. The number of aliphatic hydroxyl groups is 1. The first-order valence-electron chi connectivity index (χ1n) is 10.9. The number of nitrogens with zero attached hydrogens (tertiary/aromatic N) is 4. The van der Waals surface area contributed by atoms with Crippen molar-refractivity contribution in [3.05, 3.63) is 69.7 Å². The molecule has 1 fully saturated rings. The van der Waals surface area contributed by atoms with Crippen molar-refractivity contribution in [3.8, 4) is 5.75 Å². The molecule has 0 radical (unpaired) electrons. The predicted molar refractivity (Wildman–Crippen MR) is 122 cm³/mol. The minimum atomic E-state index is -0.877. The first-order valence-corrected chi connectivity index (χ1v) is 11.8. The van der Waals surface area contributed by atoms with Crippen LogP contribution in [-0.2, 0) is 25.2 Å². The number of likely N-dealkylation sites (tertiary alicyclic amines) is 1. The minimum absolute atomic E-state index is 0.476. The molecule has 0 bridgehead atoms. The lowest BCUT2D eigenvalue weighted by Gasteiger charge is -2.24. The average molecular weight is 439 g/mol. The van der Waals surface area contributed by atoms with E-state index in [2.05, 4.69) is 21.8 Å². The first-order chi connectivity index (χ1) is 15.1. The zero-order chi connectivity index (χ0) is 21.7. The molecule has 4 rings (SSSR count). The van der Waals surface area contributed by atoms with Gasteiger partial charge in [0.2, 0.25) is 0 Å². The minimum Gasteiger partial charge on any atom is -0.488 e. The number of aromatic nitrogens is 3. The van der Waals surface area contributed by atoms with Crippen molar-refractivity contribution >= 4 is 11.3 Å². The number of ether oxygens (including phenoxy) is 1. The van der Waals surface area contributed by atoms with Crippen LogP contribution in [0.25, 0.3) is 0 Å². The molecule has 1 N–H and O–H groups in total. The van der Waals surface area contributed by atoms with Crippen LogP contribution in [0.3, 0.4) is 0 Å². The number of para-hydroxylation sites is 1. The summed E-state index contributed by atoms with van der Waals surface area (Å²) in [6, 6.07) is 9.80. The molecule has 0 aliphatic carbocycles. The molecule has 1 atom stereocenters. The molecule has 1 saturated heterocycles. The van der Waals surface area contributed by atoms with Crippen LogP contribution < -0.4 is 4.74 Å². The highest BCUT2D eigenvalue weighted by atomic mass is 32.1. The van der Waals surface area contributed by atoms with E-state index < -0.39 is 5.60 Å². The van der Waals surface area contributed by atoms with Gasteiger partial charge in [0.25, 0.3) is 0 Å². The Labute approximate surface area is 188 Å². The second kappa shape index (κ2) is 9.85. The van der Waals surface area contributed by atoms with Crippen LogP contribution in [0.1, 0.15) is 53.2 Å². The van der Waals surface area contributed by atoms with Gasteiger partial charge in [-0.2, -0.15) is 0 Å². The lowest BCUT2D eigenvalue weighted by molar-refractivity contribution is 0.0207. The Morgan fingerprint density at radius 1 is 1.13 bits per heavy atom. The second-order valence-electron chi connectivity index (χ2n) is 8.15. The Kier molecular flexibility index (Phi) is 6.95. The first kappa shape index (κ1) is 21.9. The molecule has 31 heavy (non-hydrogen) atoms. The van der Waals surface area contributed by atoms with Gasteiger partial charge >= 0.3 is 0 Å². The number of aryl methyl sites for hydroxylation is 2. The van der Waals surface area contributed by atoms with E-state index in [1.54, 1.807) is 11.3 Å². The normalized spacial score (nSPS) is 19.8. The highest BCUT2D eigenvalue weighted by Gasteiger charge is 2.35. The summed E-state index contributed by atoms with van der Waals surface area (Å²) in [7, 11) is 0. The van der Waals surface area contributed by atoms with Gasteiger partial charge in [-0.1, -0.05) is 25.1 Å². The van der Waals surface area contributed by atoms with Gasteiger partial charge in [-0.05, 0) is 44.9 Å². The van der Waals surface area contributed by atoms with E-state index in [4.69, 9.17) is 9.72 Å². The van der Waals surface area contributed by atoms with Crippen LogP contribution >= 0.6 is 11.3 Å². The average Bonchev–Trinajstić information content (AvgIpc) is 3.07. The van der Waals surface area contributed by atoms with E-state index in [0.717, 1.165) is 71.6 Å². The SMILES string of the molecule is CCc1ncc(CN2CCCC(O)(c3nc(C)c(COc4ccccc4)s3)CC2)cn1. The van der Waals surface area contributed by atoms with Crippen molar-refractivity contribution in [3.63, 3.8) is 0 Å². The van der Waals surface area contributed by atoms with Gasteiger partial charge in [-0.25, -0.2) is 15.0 Å². The van der Waals surface area contributed by atoms with E-state index in [-0.39, 0.29) is 0 Å². The summed E-state index contributed by atoms with van der Waals surface area (Å²) in [5, 5.41) is 12.3. The van der Waals surface area contributed by atoms with Gasteiger partial charge in [0.15, 0.2) is 0 Å². The monoisotopic (exact) mass is 438 g/mol. The highest BCUT2D eigenvalue weighted by molar-refractivity contribution is 7.11. The molecular weight excluding hydrogens is 408 g/mol. The van der Waals surface area contributed by atoms with Crippen molar-refractivity contribution in [1.29, 1.82) is 0 Å². The molecule has 0 spiro atoms. The summed E-state index contributed by atoms with van der Waals surface area (Å²) in [6.45, 7) is 7.11.